The Labute approximate surface area is 97.4 Å². The molecule has 0 aliphatic carbocycles. The third kappa shape index (κ3) is 3.30. The van der Waals surface area contributed by atoms with Crippen LogP contribution in [0.3, 0.4) is 0 Å². The van der Waals surface area contributed by atoms with E-state index in [9.17, 15) is 9.59 Å². The number of nitrogens with zero attached hydrogens (tertiary/aromatic N) is 1. The van der Waals surface area contributed by atoms with Gasteiger partial charge in [-0.25, -0.2) is 0 Å². The van der Waals surface area contributed by atoms with E-state index in [2.05, 4.69) is 5.32 Å². The van der Waals surface area contributed by atoms with Gasteiger partial charge in [-0.3, -0.25) is 14.5 Å². The number of rotatable bonds is 3. The molecule has 4 nitrogen and oxygen atoms in total. The van der Waals surface area contributed by atoms with Crippen molar-refractivity contribution in [3.05, 3.63) is 0 Å². The summed E-state index contributed by atoms with van der Waals surface area (Å²) in [5.74, 6) is 0.0547. The van der Waals surface area contributed by atoms with Gasteiger partial charge in [0.15, 0.2) is 5.78 Å². The largest absolute Gasteiger partial charge is 0.348 e. The lowest BCUT2D eigenvalue weighted by molar-refractivity contribution is -0.130. The van der Waals surface area contributed by atoms with Crippen molar-refractivity contribution >= 4 is 11.7 Å². The van der Waals surface area contributed by atoms with Crippen molar-refractivity contribution in [2.75, 3.05) is 20.1 Å². The molecule has 0 radical (unpaired) electrons. The number of carbonyl (C=O) groups is 2. The van der Waals surface area contributed by atoms with Gasteiger partial charge in [0.2, 0.25) is 5.91 Å². The first-order valence-electron chi connectivity index (χ1n) is 5.83. The van der Waals surface area contributed by atoms with Crippen LogP contribution in [-0.2, 0) is 9.59 Å². The van der Waals surface area contributed by atoms with Crippen LogP contribution in [0.2, 0.25) is 0 Å². The molecule has 1 amide bonds. The maximum Gasteiger partial charge on any atom is 0.237 e. The number of hydrogen-bond acceptors (Lipinski definition) is 3. The smallest absolute Gasteiger partial charge is 0.237 e. The predicted octanol–water partition coefficient (Wildman–Crippen LogP) is 0.812. The molecule has 1 fully saturated rings. The number of nitrogens with one attached hydrogen (secondary N) is 1. The van der Waals surface area contributed by atoms with Gasteiger partial charge in [0, 0.05) is 5.41 Å². The van der Waals surface area contributed by atoms with Crippen molar-refractivity contribution in [2.24, 2.45) is 5.41 Å². The molecule has 1 aliphatic heterocycles. The molecule has 1 atom stereocenters. The van der Waals surface area contributed by atoms with Crippen molar-refractivity contribution < 1.29 is 9.59 Å². The molecule has 0 bridgehead atoms. The van der Waals surface area contributed by atoms with E-state index in [0.717, 1.165) is 19.4 Å². The molecule has 1 saturated heterocycles. The highest BCUT2D eigenvalue weighted by atomic mass is 16.2. The van der Waals surface area contributed by atoms with Crippen LogP contribution in [0, 0.1) is 5.41 Å². The fourth-order valence-electron chi connectivity index (χ4n) is 1.79. The van der Waals surface area contributed by atoms with Crippen LogP contribution in [0.4, 0.5) is 0 Å². The van der Waals surface area contributed by atoms with Gasteiger partial charge in [0.1, 0.15) is 0 Å². The van der Waals surface area contributed by atoms with Crippen molar-refractivity contribution in [1.29, 1.82) is 0 Å². The molecule has 1 rings (SSSR count). The Morgan fingerprint density at radius 2 is 2.00 bits per heavy atom. The number of likely N-dealkylation sites (tertiary alicyclic amines) is 1. The first kappa shape index (κ1) is 13.2. The third-order valence-corrected chi connectivity index (χ3v) is 3.08. The lowest BCUT2D eigenvalue weighted by Crippen LogP contribution is -2.44. The highest BCUT2D eigenvalue weighted by molar-refractivity contribution is 5.90. The minimum atomic E-state index is -0.380. The second kappa shape index (κ2) is 4.95. The molecule has 0 saturated carbocycles. The maximum atomic E-state index is 11.8. The minimum absolute atomic E-state index is 0.0161. The Bertz CT molecular complexity index is 281. The molecule has 4 heteroatoms. The number of ketones is 1. The molecule has 0 spiro atoms. The van der Waals surface area contributed by atoms with E-state index in [0.29, 0.717) is 0 Å². The molecule has 0 aromatic carbocycles. The van der Waals surface area contributed by atoms with Gasteiger partial charge in [-0.15, -0.1) is 0 Å². The van der Waals surface area contributed by atoms with Crippen LogP contribution in [0.15, 0.2) is 0 Å². The predicted molar refractivity (Wildman–Crippen MR) is 63.1 cm³/mol. The Morgan fingerprint density at radius 1 is 1.38 bits per heavy atom. The molecular formula is C12H22N2O2. The summed E-state index contributed by atoms with van der Waals surface area (Å²) in [4.78, 5) is 25.5. The molecule has 0 unspecified atom stereocenters. The van der Waals surface area contributed by atoms with Gasteiger partial charge in [-0.1, -0.05) is 20.8 Å². The summed E-state index contributed by atoms with van der Waals surface area (Å²) >= 11 is 0. The summed E-state index contributed by atoms with van der Waals surface area (Å²) in [6, 6.07) is -0.0484. The number of hydrogen-bond donors (Lipinski definition) is 1. The lowest BCUT2D eigenvalue weighted by Gasteiger charge is -2.20. The first-order chi connectivity index (χ1) is 7.32. The summed E-state index contributed by atoms with van der Waals surface area (Å²) in [5.41, 5.74) is -0.380. The van der Waals surface area contributed by atoms with E-state index < -0.39 is 0 Å². The summed E-state index contributed by atoms with van der Waals surface area (Å²) < 4.78 is 0. The summed E-state index contributed by atoms with van der Waals surface area (Å²) in [5, 5.41) is 2.73. The van der Waals surface area contributed by atoms with Crippen molar-refractivity contribution in [3.8, 4) is 0 Å². The van der Waals surface area contributed by atoms with Gasteiger partial charge in [0.25, 0.3) is 0 Å². The average molecular weight is 226 g/mol. The fraction of sp³-hybridized carbons (Fsp3) is 0.833. The van der Waals surface area contributed by atoms with Crippen molar-refractivity contribution in [1.82, 2.24) is 10.2 Å². The Hall–Kier alpha value is -0.900. The normalized spacial score (nSPS) is 22.1. The summed E-state index contributed by atoms with van der Waals surface area (Å²) in [6.45, 7) is 6.70. The van der Waals surface area contributed by atoms with Gasteiger partial charge in [-0.2, -0.15) is 0 Å². The standard InChI is InChI=1S/C12H22N2O2/c1-12(2,3)10(15)8-13-11(16)9-6-5-7-14(9)4/h9H,5-8H2,1-4H3,(H,13,16)/t9-/m0/s1. The highest BCUT2D eigenvalue weighted by Gasteiger charge is 2.29. The Morgan fingerprint density at radius 3 is 2.44 bits per heavy atom. The molecule has 1 N–H and O–H groups in total. The van der Waals surface area contributed by atoms with Gasteiger partial charge in [0.05, 0.1) is 12.6 Å². The number of amides is 1. The molecule has 1 aliphatic rings. The molecule has 16 heavy (non-hydrogen) atoms. The van der Waals surface area contributed by atoms with Crippen molar-refractivity contribution in [2.45, 2.75) is 39.7 Å². The average Bonchev–Trinajstić information content (AvgIpc) is 2.58. The summed E-state index contributed by atoms with van der Waals surface area (Å²) in [7, 11) is 1.95. The van der Waals surface area contributed by atoms with E-state index in [-0.39, 0.29) is 29.7 Å². The van der Waals surface area contributed by atoms with E-state index >= 15 is 0 Å². The first-order valence-corrected chi connectivity index (χ1v) is 5.83. The zero-order valence-corrected chi connectivity index (χ0v) is 10.7. The van der Waals surface area contributed by atoms with Gasteiger partial charge < -0.3 is 5.32 Å². The van der Waals surface area contributed by atoms with Crippen LogP contribution in [-0.4, -0.2) is 42.8 Å². The van der Waals surface area contributed by atoms with E-state index in [1.54, 1.807) is 0 Å². The molecule has 1 heterocycles. The van der Waals surface area contributed by atoms with E-state index in [4.69, 9.17) is 0 Å². The number of likely N-dealkylation sites (N-methyl/N-ethyl adjacent to an activating group) is 1. The second-order valence-electron chi connectivity index (χ2n) is 5.53. The van der Waals surface area contributed by atoms with E-state index in [1.807, 2.05) is 32.7 Å². The molecular weight excluding hydrogens is 204 g/mol. The fourth-order valence-corrected chi connectivity index (χ4v) is 1.79. The van der Waals surface area contributed by atoms with Crippen LogP contribution in [0.25, 0.3) is 0 Å². The topological polar surface area (TPSA) is 49.4 Å². The Balaban J connectivity index is 2.38. The lowest BCUT2D eigenvalue weighted by atomic mass is 9.91. The Kier molecular flexibility index (Phi) is 4.08. The number of carbonyl (C=O) groups excluding carboxylic acids is 2. The SMILES string of the molecule is CN1CCC[C@H]1C(=O)NCC(=O)C(C)(C)C. The van der Waals surface area contributed by atoms with Crippen LogP contribution < -0.4 is 5.32 Å². The highest BCUT2D eigenvalue weighted by Crippen LogP contribution is 2.16. The summed E-state index contributed by atoms with van der Waals surface area (Å²) in [6.07, 6.45) is 1.95. The molecule has 92 valence electrons. The van der Waals surface area contributed by atoms with Gasteiger partial charge in [-0.05, 0) is 26.4 Å². The maximum absolute atomic E-state index is 11.8. The van der Waals surface area contributed by atoms with Crippen LogP contribution >= 0.6 is 0 Å². The van der Waals surface area contributed by atoms with Crippen LogP contribution in [0.1, 0.15) is 33.6 Å². The number of Topliss-reactive ketones (excluding diaryl/α,β-unsaturated/α-hetero) is 1. The van der Waals surface area contributed by atoms with Gasteiger partial charge >= 0.3 is 0 Å². The minimum Gasteiger partial charge on any atom is -0.348 e. The third-order valence-electron chi connectivity index (χ3n) is 3.08. The van der Waals surface area contributed by atoms with E-state index in [1.165, 1.54) is 0 Å². The molecule has 0 aromatic rings. The second-order valence-corrected chi connectivity index (χ2v) is 5.53. The van der Waals surface area contributed by atoms with Crippen molar-refractivity contribution in [3.63, 3.8) is 0 Å². The quantitative estimate of drug-likeness (QED) is 0.775. The zero-order chi connectivity index (χ0) is 12.3. The molecule has 0 aromatic heterocycles. The zero-order valence-electron chi connectivity index (χ0n) is 10.7. The van der Waals surface area contributed by atoms with Crippen LogP contribution in [0.5, 0.6) is 0 Å². The monoisotopic (exact) mass is 226 g/mol.